The number of para-hydroxylation sites is 3. The van der Waals surface area contributed by atoms with E-state index >= 15 is 0 Å². The van der Waals surface area contributed by atoms with Crippen LogP contribution in [0.2, 0.25) is 0 Å². The summed E-state index contributed by atoms with van der Waals surface area (Å²) in [7, 11) is 0. The van der Waals surface area contributed by atoms with E-state index < -0.39 is 0 Å². The summed E-state index contributed by atoms with van der Waals surface area (Å²) in [5, 5.41) is 5.02. The molecular formula is C42H28N2. The number of hydrogen-bond donors (Lipinski definition) is 0. The summed E-state index contributed by atoms with van der Waals surface area (Å²) in [5.74, 6) is 0. The van der Waals surface area contributed by atoms with Crippen molar-refractivity contribution in [2.24, 2.45) is 0 Å². The zero-order valence-electron chi connectivity index (χ0n) is 25.0. The van der Waals surface area contributed by atoms with Crippen LogP contribution in [-0.2, 0) is 0 Å². The van der Waals surface area contributed by atoms with Gasteiger partial charge >= 0.3 is 0 Å². The minimum atomic E-state index is 0.513. The molecule has 44 heavy (non-hydrogen) atoms. The second-order valence-corrected chi connectivity index (χ2v) is 11.3. The molecule has 0 aliphatic carbocycles. The molecule has 0 saturated heterocycles. The highest BCUT2D eigenvalue weighted by Crippen LogP contribution is 2.43. The van der Waals surface area contributed by atoms with Crippen LogP contribution in [0.1, 0.15) is 1.37 Å². The molecular weight excluding hydrogens is 532 g/mol. The van der Waals surface area contributed by atoms with E-state index in [0.29, 0.717) is 6.04 Å². The predicted molar refractivity (Wildman–Crippen MR) is 186 cm³/mol. The SMILES string of the molecule is [2H]c1ccc(-c2cc(-c3ccccc3)cc(-n3c4ccccc4c4c5c6ccccc6n(-c6ccccc6)c5ccc43)c2)cc1. The molecule has 0 spiro atoms. The van der Waals surface area contributed by atoms with Crippen molar-refractivity contribution in [1.82, 2.24) is 9.13 Å². The first-order valence-corrected chi connectivity index (χ1v) is 15.0. The molecule has 2 heteroatoms. The Hall–Kier alpha value is -5.86. The summed E-state index contributed by atoms with van der Waals surface area (Å²) in [6, 6.07) is 58.5. The van der Waals surface area contributed by atoms with Crippen molar-refractivity contribution < 1.29 is 1.37 Å². The van der Waals surface area contributed by atoms with Gasteiger partial charge in [0, 0.05) is 32.9 Å². The van der Waals surface area contributed by atoms with E-state index in [-0.39, 0.29) is 0 Å². The molecule has 2 aromatic heterocycles. The molecule has 0 aliphatic heterocycles. The Kier molecular flexibility index (Phi) is 5.31. The van der Waals surface area contributed by atoms with Gasteiger partial charge in [0.25, 0.3) is 0 Å². The molecule has 0 fully saturated rings. The molecule has 2 nitrogen and oxygen atoms in total. The predicted octanol–water partition coefficient (Wildman–Crippen LogP) is 11.2. The zero-order chi connectivity index (χ0) is 29.9. The van der Waals surface area contributed by atoms with Crippen molar-refractivity contribution in [2.45, 2.75) is 0 Å². The first kappa shape index (κ1) is 23.7. The minimum absolute atomic E-state index is 0.513. The summed E-state index contributed by atoms with van der Waals surface area (Å²) in [4.78, 5) is 0. The fourth-order valence-electron chi connectivity index (χ4n) is 6.94. The van der Waals surface area contributed by atoms with Gasteiger partial charge in [-0.3, -0.25) is 0 Å². The van der Waals surface area contributed by atoms with Gasteiger partial charge < -0.3 is 9.13 Å². The third-order valence-electron chi connectivity index (χ3n) is 8.82. The van der Waals surface area contributed by atoms with Gasteiger partial charge in [-0.15, -0.1) is 0 Å². The quantitative estimate of drug-likeness (QED) is 0.202. The maximum Gasteiger partial charge on any atom is 0.0623 e. The first-order valence-electron chi connectivity index (χ1n) is 15.5. The summed E-state index contributed by atoms with van der Waals surface area (Å²) in [6.45, 7) is 0. The Morgan fingerprint density at radius 2 is 0.795 bits per heavy atom. The van der Waals surface area contributed by atoms with Gasteiger partial charge in [0.2, 0.25) is 0 Å². The van der Waals surface area contributed by atoms with Crippen molar-refractivity contribution >= 4 is 43.6 Å². The Morgan fingerprint density at radius 1 is 0.341 bits per heavy atom. The summed E-state index contributed by atoms with van der Waals surface area (Å²) >= 11 is 0. The van der Waals surface area contributed by atoms with Gasteiger partial charge in [-0.1, -0.05) is 115 Å². The van der Waals surface area contributed by atoms with Crippen molar-refractivity contribution in [3.8, 4) is 33.6 Å². The molecule has 0 aliphatic rings. The Labute approximate surface area is 257 Å². The fourth-order valence-corrected chi connectivity index (χ4v) is 6.94. The second-order valence-electron chi connectivity index (χ2n) is 11.3. The molecule has 9 aromatic rings. The van der Waals surface area contributed by atoms with Gasteiger partial charge in [0.05, 0.1) is 23.4 Å². The van der Waals surface area contributed by atoms with E-state index in [2.05, 4.69) is 149 Å². The lowest BCUT2D eigenvalue weighted by Gasteiger charge is -2.14. The van der Waals surface area contributed by atoms with Crippen LogP contribution in [0.5, 0.6) is 0 Å². The van der Waals surface area contributed by atoms with Crippen LogP contribution in [0.3, 0.4) is 0 Å². The van der Waals surface area contributed by atoms with Gasteiger partial charge in [0.15, 0.2) is 0 Å². The molecule has 0 radical (unpaired) electrons. The van der Waals surface area contributed by atoms with Crippen LogP contribution in [0.25, 0.3) is 77.2 Å². The Balaban J connectivity index is 1.40. The van der Waals surface area contributed by atoms with E-state index in [1.54, 1.807) is 0 Å². The third kappa shape index (κ3) is 3.75. The molecule has 7 aromatic carbocycles. The summed E-state index contributed by atoms with van der Waals surface area (Å²) in [5.41, 5.74) is 11.6. The van der Waals surface area contributed by atoms with Crippen LogP contribution in [0.15, 0.2) is 170 Å². The number of nitrogens with zero attached hydrogens (tertiary/aromatic N) is 2. The fraction of sp³-hybridized carbons (Fsp3) is 0. The minimum Gasteiger partial charge on any atom is -0.309 e. The number of fused-ring (bicyclic) bond motifs is 7. The largest absolute Gasteiger partial charge is 0.309 e. The number of aromatic nitrogens is 2. The molecule has 0 saturated carbocycles. The topological polar surface area (TPSA) is 9.86 Å². The monoisotopic (exact) mass is 561 g/mol. The maximum atomic E-state index is 8.04. The van der Waals surface area contributed by atoms with E-state index in [1.807, 2.05) is 24.3 Å². The van der Waals surface area contributed by atoms with E-state index in [0.717, 1.165) is 28.1 Å². The second kappa shape index (κ2) is 9.86. The van der Waals surface area contributed by atoms with Crippen LogP contribution < -0.4 is 0 Å². The molecule has 206 valence electrons. The van der Waals surface area contributed by atoms with Gasteiger partial charge in [-0.2, -0.15) is 0 Å². The number of rotatable bonds is 4. The average Bonchev–Trinajstić information content (AvgIpc) is 3.62. The molecule has 0 amide bonds. The first-order chi connectivity index (χ1) is 22.2. The molecule has 9 rings (SSSR count). The molecule has 0 unspecified atom stereocenters. The zero-order valence-corrected chi connectivity index (χ0v) is 24.0. The van der Waals surface area contributed by atoms with E-state index in [9.17, 15) is 0 Å². The highest BCUT2D eigenvalue weighted by atomic mass is 15.0. The van der Waals surface area contributed by atoms with Crippen molar-refractivity contribution in [3.05, 3.63) is 170 Å². The van der Waals surface area contributed by atoms with Gasteiger partial charge in [-0.25, -0.2) is 0 Å². The van der Waals surface area contributed by atoms with Crippen LogP contribution in [0.4, 0.5) is 0 Å². The van der Waals surface area contributed by atoms with Crippen molar-refractivity contribution in [3.63, 3.8) is 0 Å². The highest BCUT2D eigenvalue weighted by Gasteiger charge is 2.20. The normalized spacial score (nSPS) is 12.0. The van der Waals surface area contributed by atoms with E-state index in [4.69, 9.17) is 1.37 Å². The van der Waals surface area contributed by atoms with Crippen molar-refractivity contribution in [1.29, 1.82) is 0 Å². The number of benzene rings is 7. The average molecular weight is 562 g/mol. The molecule has 2 heterocycles. The molecule has 0 atom stereocenters. The number of hydrogen-bond acceptors (Lipinski definition) is 0. The standard InChI is InChI=1S/C42H28N2/c1-4-14-29(15-5-1)31-26-32(30-16-6-2-7-17-30)28-34(27-31)44-38-23-13-11-21-36(38)42-40(44)25-24-39-41(42)35-20-10-12-22-37(35)43(39)33-18-8-3-9-19-33/h1-28H/i1D. The summed E-state index contributed by atoms with van der Waals surface area (Å²) < 4.78 is 12.9. The van der Waals surface area contributed by atoms with E-state index in [1.165, 1.54) is 49.2 Å². The highest BCUT2D eigenvalue weighted by molar-refractivity contribution is 6.28. The van der Waals surface area contributed by atoms with Gasteiger partial charge in [0.1, 0.15) is 0 Å². The van der Waals surface area contributed by atoms with Crippen LogP contribution >= 0.6 is 0 Å². The lowest BCUT2D eigenvalue weighted by Crippen LogP contribution is -1.96. The van der Waals surface area contributed by atoms with Crippen molar-refractivity contribution in [2.75, 3.05) is 0 Å². The lowest BCUT2D eigenvalue weighted by atomic mass is 9.98. The molecule has 0 N–H and O–H groups in total. The summed E-state index contributed by atoms with van der Waals surface area (Å²) in [6.07, 6.45) is 0. The smallest absolute Gasteiger partial charge is 0.0623 e. The Morgan fingerprint density at radius 3 is 1.36 bits per heavy atom. The molecule has 0 bridgehead atoms. The third-order valence-corrected chi connectivity index (χ3v) is 8.82. The Bertz CT molecular complexity index is 2520. The maximum absolute atomic E-state index is 8.04. The van der Waals surface area contributed by atoms with Crippen LogP contribution in [0, 0.1) is 0 Å². The lowest BCUT2D eigenvalue weighted by molar-refractivity contribution is 1.17. The van der Waals surface area contributed by atoms with Gasteiger partial charge in [-0.05, 0) is 76.9 Å². The van der Waals surface area contributed by atoms with Crippen LogP contribution in [-0.4, -0.2) is 9.13 Å².